The summed E-state index contributed by atoms with van der Waals surface area (Å²) in [5.41, 5.74) is 0. The van der Waals surface area contributed by atoms with Gasteiger partial charge in [-0.1, -0.05) is 34.6 Å². The van der Waals surface area contributed by atoms with Crippen LogP contribution in [0.4, 0.5) is 0 Å². The van der Waals surface area contributed by atoms with Gasteiger partial charge in [-0.15, -0.1) is 0 Å². The van der Waals surface area contributed by atoms with E-state index in [1.54, 1.807) is 12.5 Å². The molecule has 72 valence electrons. The van der Waals surface area contributed by atoms with Crippen LogP contribution in [0.3, 0.4) is 0 Å². The fourth-order valence-electron chi connectivity index (χ4n) is 0.326. The lowest BCUT2D eigenvalue weighted by Crippen LogP contribution is -1.76. The minimum atomic E-state index is 0.833. The highest BCUT2D eigenvalue weighted by molar-refractivity contribution is 4.70. The van der Waals surface area contributed by atoms with Gasteiger partial charge in [-0.3, -0.25) is 0 Å². The first-order chi connectivity index (χ1) is 5.63. The normalized spacial score (nSPS) is 7.92. The highest BCUT2D eigenvalue weighted by Crippen LogP contribution is 1.81. The van der Waals surface area contributed by atoms with Crippen LogP contribution < -0.4 is 0 Å². The van der Waals surface area contributed by atoms with E-state index in [0.717, 1.165) is 5.92 Å². The summed E-state index contributed by atoms with van der Waals surface area (Å²) < 4.78 is 1.89. The molecule has 0 amide bonds. The molecule has 0 N–H and O–H groups in total. The predicted molar refractivity (Wildman–Crippen MR) is 55.1 cm³/mol. The minimum Gasteiger partial charge on any atom is -0.341 e. The molecule has 0 aliphatic carbocycles. The molecule has 12 heavy (non-hydrogen) atoms. The summed E-state index contributed by atoms with van der Waals surface area (Å²) >= 11 is 0. The lowest BCUT2D eigenvalue weighted by atomic mass is 10.3. The van der Waals surface area contributed by atoms with E-state index in [9.17, 15) is 0 Å². The van der Waals surface area contributed by atoms with E-state index in [-0.39, 0.29) is 0 Å². The van der Waals surface area contributed by atoms with Crippen LogP contribution >= 0.6 is 0 Å². The van der Waals surface area contributed by atoms with Gasteiger partial charge < -0.3 is 4.57 Å². The van der Waals surface area contributed by atoms with Crippen molar-refractivity contribution in [2.45, 2.75) is 34.6 Å². The van der Waals surface area contributed by atoms with Crippen LogP contribution in [0, 0.1) is 5.92 Å². The SMILES string of the molecule is CC.CC(C)C.Cn1ccnc1. The molecule has 0 saturated heterocycles. The smallest absolute Gasteiger partial charge is 0.0943 e. The van der Waals surface area contributed by atoms with Crippen LogP contribution in [0.2, 0.25) is 0 Å². The molecule has 1 heterocycles. The third kappa shape index (κ3) is 16.1. The second-order valence-electron chi connectivity index (χ2n) is 2.96. The molecule has 1 aromatic rings. The maximum atomic E-state index is 3.78. The Morgan fingerprint density at radius 3 is 1.67 bits per heavy atom. The monoisotopic (exact) mass is 170 g/mol. The Labute approximate surface area is 76.6 Å². The van der Waals surface area contributed by atoms with E-state index in [0.29, 0.717) is 0 Å². The van der Waals surface area contributed by atoms with Crippen molar-refractivity contribution in [2.24, 2.45) is 13.0 Å². The molecule has 0 unspecified atom stereocenters. The Morgan fingerprint density at radius 1 is 1.17 bits per heavy atom. The van der Waals surface area contributed by atoms with Gasteiger partial charge in [0.05, 0.1) is 6.33 Å². The zero-order valence-corrected chi connectivity index (χ0v) is 9.20. The maximum Gasteiger partial charge on any atom is 0.0943 e. The molecule has 2 heteroatoms. The molecule has 0 saturated carbocycles. The van der Waals surface area contributed by atoms with Crippen molar-refractivity contribution < 1.29 is 0 Å². The van der Waals surface area contributed by atoms with Gasteiger partial charge in [0.1, 0.15) is 0 Å². The van der Waals surface area contributed by atoms with E-state index in [4.69, 9.17) is 0 Å². The van der Waals surface area contributed by atoms with Gasteiger partial charge in [-0.25, -0.2) is 4.98 Å². The van der Waals surface area contributed by atoms with Crippen LogP contribution in [0.25, 0.3) is 0 Å². The van der Waals surface area contributed by atoms with Crippen LogP contribution in [0.1, 0.15) is 34.6 Å². The largest absolute Gasteiger partial charge is 0.341 e. The Balaban J connectivity index is 0. The Hall–Kier alpha value is -0.790. The van der Waals surface area contributed by atoms with Crippen molar-refractivity contribution in [3.05, 3.63) is 18.7 Å². The standard InChI is InChI=1S/C4H6N2.C4H10.C2H6/c1-6-3-2-5-4-6;1-4(2)3;1-2/h2-4H,1H3;4H,1-3H3;1-2H3. The van der Waals surface area contributed by atoms with Gasteiger partial charge >= 0.3 is 0 Å². The average molecular weight is 170 g/mol. The van der Waals surface area contributed by atoms with Gasteiger partial charge in [0, 0.05) is 19.4 Å². The first kappa shape index (κ1) is 13.8. The summed E-state index contributed by atoms with van der Waals surface area (Å²) in [7, 11) is 1.94. The summed E-state index contributed by atoms with van der Waals surface area (Å²) in [5.74, 6) is 0.833. The lowest BCUT2D eigenvalue weighted by Gasteiger charge is -1.79. The fraction of sp³-hybridized carbons (Fsp3) is 0.700. The van der Waals surface area contributed by atoms with Crippen molar-refractivity contribution in [3.8, 4) is 0 Å². The van der Waals surface area contributed by atoms with Crippen LogP contribution in [0.5, 0.6) is 0 Å². The second-order valence-corrected chi connectivity index (χ2v) is 2.96. The molecular formula is C10H22N2. The van der Waals surface area contributed by atoms with E-state index >= 15 is 0 Å². The van der Waals surface area contributed by atoms with Crippen molar-refractivity contribution in [1.29, 1.82) is 0 Å². The Morgan fingerprint density at radius 2 is 1.58 bits per heavy atom. The molecule has 0 aliphatic heterocycles. The van der Waals surface area contributed by atoms with Gasteiger partial charge in [0.25, 0.3) is 0 Å². The van der Waals surface area contributed by atoms with Gasteiger partial charge in [0.2, 0.25) is 0 Å². The van der Waals surface area contributed by atoms with Crippen molar-refractivity contribution in [2.75, 3.05) is 0 Å². The molecule has 1 rings (SSSR count). The molecule has 0 spiro atoms. The molecule has 0 aliphatic rings. The van der Waals surface area contributed by atoms with Gasteiger partial charge in [-0.2, -0.15) is 0 Å². The van der Waals surface area contributed by atoms with Crippen LogP contribution in [-0.4, -0.2) is 9.55 Å². The number of aromatic nitrogens is 2. The molecule has 1 aromatic heterocycles. The summed E-state index contributed by atoms with van der Waals surface area (Å²) in [6, 6.07) is 0. The van der Waals surface area contributed by atoms with E-state index in [1.165, 1.54) is 0 Å². The van der Waals surface area contributed by atoms with Crippen molar-refractivity contribution >= 4 is 0 Å². The number of rotatable bonds is 0. The average Bonchev–Trinajstić information content (AvgIpc) is 2.43. The number of hydrogen-bond donors (Lipinski definition) is 0. The number of aryl methyl sites for hydroxylation is 1. The first-order valence-electron chi connectivity index (χ1n) is 4.55. The third-order valence-corrected chi connectivity index (χ3v) is 0.637. The van der Waals surface area contributed by atoms with Crippen molar-refractivity contribution in [1.82, 2.24) is 9.55 Å². The summed E-state index contributed by atoms with van der Waals surface area (Å²) in [6.45, 7) is 10.5. The van der Waals surface area contributed by atoms with Gasteiger partial charge in [0.15, 0.2) is 0 Å². The minimum absolute atomic E-state index is 0.833. The molecular weight excluding hydrogens is 148 g/mol. The molecule has 0 atom stereocenters. The summed E-state index contributed by atoms with van der Waals surface area (Å²) in [6.07, 6.45) is 5.39. The fourth-order valence-corrected chi connectivity index (χ4v) is 0.326. The number of hydrogen-bond acceptors (Lipinski definition) is 1. The lowest BCUT2D eigenvalue weighted by molar-refractivity contribution is 0.737. The molecule has 0 radical (unpaired) electrons. The van der Waals surface area contributed by atoms with E-state index < -0.39 is 0 Å². The van der Waals surface area contributed by atoms with Crippen LogP contribution in [-0.2, 0) is 7.05 Å². The highest BCUT2D eigenvalue weighted by Gasteiger charge is 1.69. The molecule has 2 nitrogen and oxygen atoms in total. The Bertz CT molecular complexity index is 140. The molecule has 0 bridgehead atoms. The van der Waals surface area contributed by atoms with Crippen molar-refractivity contribution in [3.63, 3.8) is 0 Å². The number of imidazole rings is 1. The van der Waals surface area contributed by atoms with Gasteiger partial charge in [-0.05, 0) is 5.92 Å². The van der Waals surface area contributed by atoms with E-state index in [1.807, 2.05) is 31.7 Å². The predicted octanol–water partition coefficient (Wildman–Crippen LogP) is 3.11. The summed E-state index contributed by atoms with van der Waals surface area (Å²) in [4.78, 5) is 3.78. The topological polar surface area (TPSA) is 17.8 Å². The second kappa shape index (κ2) is 10.2. The quantitative estimate of drug-likeness (QED) is 0.585. The first-order valence-corrected chi connectivity index (χ1v) is 4.55. The van der Waals surface area contributed by atoms with E-state index in [2.05, 4.69) is 25.8 Å². The zero-order chi connectivity index (χ0) is 9.98. The third-order valence-electron chi connectivity index (χ3n) is 0.637. The Kier molecular flexibility index (Phi) is 11.7. The van der Waals surface area contributed by atoms with Crippen LogP contribution in [0.15, 0.2) is 18.7 Å². The highest BCUT2D eigenvalue weighted by atomic mass is 15.0. The summed E-state index contributed by atoms with van der Waals surface area (Å²) in [5, 5.41) is 0. The molecule has 0 fully saturated rings. The zero-order valence-electron chi connectivity index (χ0n) is 9.20. The number of nitrogens with zero attached hydrogens (tertiary/aromatic N) is 2. The molecule has 0 aromatic carbocycles. The maximum absolute atomic E-state index is 3.78.